The molecular formula is C20H35IN4O2. The first-order valence-corrected chi connectivity index (χ1v) is 9.52. The summed E-state index contributed by atoms with van der Waals surface area (Å²) in [6.07, 6.45) is 6.92. The summed E-state index contributed by atoms with van der Waals surface area (Å²) in [6.45, 7) is 7.81. The van der Waals surface area contributed by atoms with Crippen LogP contribution in [0.4, 0.5) is 0 Å². The van der Waals surface area contributed by atoms with Crippen molar-refractivity contribution in [2.24, 2.45) is 10.4 Å². The van der Waals surface area contributed by atoms with Crippen LogP contribution in [0.1, 0.15) is 52.0 Å². The number of halogens is 1. The smallest absolute Gasteiger partial charge is 0.218 e. The molecule has 1 heterocycles. The van der Waals surface area contributed by atoms with E-state index in [2.05, 4.69) is 41.4 Å². The topological polar surface area (TPSA) is 67.8 Å². The summed E-state index contributed by atoms with van der Waals surface area (Å²) in [5.41, 5.74) is 1.10. The van der Waals surface area contributed by atoms with Crippen LogP contribution in [0.5, 0.6) is 5.88 Å². The molecule has 0 amide bonds. The summed E-state index contributed by atoms with van der Waals surface area (Å²) in [7, 11) is 3.52. The first-order chi connectivity index (χ1) is 12.4. The van der Waals surface area contributed by atoms with Crippen LogP contribution in [-0.4, -0.2) is 43.9 Å². The number of nitrogens with zero attached hydrogens (tertiary/aromatic N) is 2. The van der Waals surface area contributed by atoms with Crippen molar-refractivity contribution in [1.82, 2.24) is 15.6 Å². The molecule has 0 saturated heterocycles. The molecule has 1 atom stereocenters. The fourth-order valence-corrected chi connectivity index (χ4v) is 3.16. The third kappa shape index (κ3) is 7.81. The van der Waals surface area contributed by atoms with Crippen LogP contribution in [-0.2, 0) is 11.3 Å². The number of guanidine groups is 1. The minimum Gasteiger partial charge on any atom is -0.474 e. The molecule has 1 aromatic heterocycles. The number of hydrogen-bond donors (Lipinski definition) is 2. The largest absolute Gasteiger partial charge is 0.474 e. The van der Waals surface area contributed by atoms with Gasteiger partial charge in [0.2, 0.25) is 5.88 Å². The van der Waals surface area contributed by atoms with Crippen molar-refractivity contribution in [2.45, 2.75) is 65.2 Å². The lowest BCUT2D eigenvalue weighted by Crippen LogP contribution is -2.45. The summed E-state index contributed by atoms with van der Waals surface area (Å²) < 4.78 is 11.7. The molecule has 1 fully saturated rings. The van der Waals surface area contributed by atoms with Crippen molar-refractivity contribution >= 4 is 29.9 Å². The van der Waals surface area contributed by atoms with Crippen molar-refractivity contribution in [3.05, 3.63) is 23.9 Å². The van der Waals surface area contributed by atoms with E-state index in [9.17, 15) is 0 Å². The number of pyridine rings is 1. The molecule has 0 aliphatic heterocycles. The molecule has 27 heavy (non-hydrogen) atoms. The van der Waals surface area contributed by atoms with E-state index in [4.69, 9.17) is 9.47 Å². The molecule has 0 aromatic carbocycles. The summed E-state index contributed by atoms with van der Waals surface area (Å²) >= 11 is 0. The van der Waals surface area contributed by atoms with E-state index < -0.39 is 0 Å². The van der Waals surface area contributed by atoms with Gasteiger partial charge in [-0.3, -0.25) is 4.99 Å². The maximum Gasteiger partial charge on any atom is 0.218 e. The second kappa shape index (κ2) is 11.7. The Morgan fingerprint density at radius 1 is 1.30 bits per heavy atom. The van der Waals surface area contributed by atoms with Crippen LogP contribution in [0.25, 0.3) is 0 Å². The number of rotatable bonds is 7. The minimum absolute atomic E-state index is 0. The predicted octanol–water partition coefficient (Wildman–Crippen LogP) is 3.75. The number of ether oxygens (including phenoxy) is 2. The Kier molecular flexibility index (Phi) is 10.4. The molecule has 0 radical (unpaired) electrons. The van der Waals surface area contributed by atoms with Crippen molar-refractivity contribution in [1.29, 1.82) is 0 Å². The van der Waals surface area contributed by atoms with E-state index in [-0.39, 0.29) is 35.5 Å². The zero-order valence-electron chi connectivity index (χ0n) is 17.2. The fraction of sp³-hybridized carbons (Fsp3) is 0.700. The van der Waals surface area contributed by atoms with Crippen molar-refractivity contribution in [2.75, 3.05) is 20.7 Å². The molecule has 2 rings (SSSR count). The van der Waals surface area contributed by atoms with Crippen LogP contribution in [0.3, 0.4) is 0 Å². The maximum atomic E-state index is 6.10. The lowest BCUT2D eigenvalue weighted by molar-refractivity contribution is 0.0205. The number of aliphatic imine (C=N–C) groups is 1. The Labute approximate surface area is 180 Å². The van der Waals surface area contributed by atoms with Crippen LogP contribution in [0.2, 0.25) is 0 Å². The molecule has 1 saturated carbocycles. The van der Waals surface area contributed by atoms with Crippen LogP contribution in [0.15, 0.2) is 23.3 Å². The Bertz CT molecular complexity index is 584. The number of hydrogen-bond acceptors (Lipinski definition) is 4. The number of methoxy groups -OCH3 is 1. The van der Waals surface area contributed by atoms with Crippen LogP contribution >= 0.6 is 24.0 Å². The van der Waals surface area contributed by atoms with E-state index in [1.807, 2.05) is 12.1 Å². The first-order valence-electron chi connectivity index (χ1n) is 9.52. The van der Waals surface area contributed by atoms with Gasteiger partial charge in [-0.2, -0.15) is 0 Å². The van der Waals surface area contributed by atoms with Gasteiger partial charge < -0.3 is 20.1 Å². The molecule has 1 unspecified atom stereocenters. The predicted molar refractivity (Wildman–Crippen MR) is 121 cm³/mol. The van der Waals surface area contributed by atoms with Gasteiger partial charge in [-0.05, 0) is 37.2 Å². The van der Waals surface area contributed by atoms with Crippen molar-refractivity contribution in [3.63, 3.8) is 0 Å². The third-order valence-corrected chi connectivity index (χ3v) is 4.81. The molecule has 7 heteroatoms. The highest BCUT2D eigenvalue weighted by molar-refractivity contribution is 14.0. The second-order valence-electron chi connectivity index (χ2n) is 7.89. The average molecular weight is 490 g/mol. The van der Waals surface area contributed by atoms with Gasteiger partial charge >= 0.3 is 0 Å². The van der Waals surface area contributed by atoms with E-state index in [1.54, 1.807) is 20.4 Å². The summed E-state index contributed by atoms with van der Waals surface area (Å²) in [5, 5.41) is 6.69. The number of nitrogens with one attached hydrogen (secondary N) is 2. The monoisotopic (exact) mass is 490 g/mol. The molecule has 154 valence electrons. The van der Waals surface area contributed by atoms with E-state index in [1.165, 1.54) is 12.8 Å². The number of aromatic nitrogens is 1. The SMILES string of the molecule is CN=C(NCc1cccnc1OC1CCCC1)NCC(OC)C(C)(C)C.I. The first kappa shape index (κ1) is 23.9. The highest BCUT2D eigenvalue weighted by Crippen LogP contribution is 2.25. The molecule has 6 nitrogen and oxygen atoms in total. The Hall–Kier alpha value is -1.09. The summed E-state index contributed by atoms with van der Waals surface area (Å²) in [6, 6.07) is 3.99. The molecule has 1 aromatic rings. The van der Waals surface area contributed by atoms with Gasteiger partial charge in [0.25, 0.3) is 0 Å². The van der Waals surface area contributed by atoms with Gasteiger partial charge in [0.15, 0.2) is 5.96 Å². The van der Waals surface area contributed by atoms with Gasteiger partial charge in [-0.15, -0.1) is 24.0 Å². The third-order valence-electron chi connectivity index (χ3n) is 4.81. The van der Waals surface area contributed by atoms with Crippen molar-refractivity contribution < 1.29 is 9.47 Å². The summed E-state index contributed by atoms with van der Waals surface area (Å²) in [5.74, 6) is 1.47. The Morgan fingerprint density at radius 3 is 2.59 bits per heavy atom. The zero-order valence-corrected chi connectivity index (χ0v) is 19.6. The summed E-state index contributed by atoms with van der Waals surface area (Å²) in [4.78, 5) is 8.73. The van der Waals surface area contributed by atoms with Crippen LogP contribution in [0, 0.1) is 5.41 Å². The zero-order chi connectivity index (χ0) is 19.0. The molecular weight excluding hydrogens is 455 g/mol. The lowest BCUT2D eigenvalue weighted by atomic mass is 9.89. The highest BCUT2D eigenvalue weighted by atomic mass is 127. The van der Waals surface area contributed by atoms with Crippen LogP contribution < -0.4 is 15.4 Å². The second-order valence-corrected chi connectivity index (χ2v) is 7.89. The Balaban J connectivity index is 0.00000364. The molecule has 0 spiro atoms. The fourth-order valence-electron chi connectivity index (χ4n) is 3.16. The van der Waals surface area contributed by atoms with Gasteiger partial charge in [-0.25, -0.2) is 4.98 Å². The standard InChI is InChI=1S/C20H34N4O2.HI/c1-20(2,3)17(25-5)14-24-19(21-4)23-13-15-9-8-12-22-18(15)26-16-10-6-7-11-16;/h8-9,12,16-17H,6-7,10-11,13-14H2,1-5H3,(H2,21,23,24);1H. The van der Waals surface area contributed by atoms with E-state index in [0.29, 0.717) is 19.2 Å². The van der Waals surface area contributed by atoms with Gasteiger partial charge in [0, 0.05) is 39.0 Å². The van der Waals surface area contributed by atoms with Gasteiger partial charge in [0.1, 0.15) is 6.10 Å². The van der Waals surface area contributed by atoms with E-state index >= 15 is 0 Å². The molecule has 1 aliphatic carbocycles. The highest BCUT2D eigenvalue weighted by Gasteiger charge is 2.24. The minimum atomic E-state index is 0. The Morgan fingerprint density at radius 2 is 2.00 bits per heavy atom. The average Bonchev–Trinajstić information content (AvgIpc) is 3.11. The molecule has 2 N–H and O–H groups in total. The van der Waals surface area contributed by atoms with E-state index in [0.717, 1.165) is 30.2 Å². The molecule has 0 bridgehead atoms. The maximum absolute atomic E-state index is 6.10. The van der Waals surface area contributed by atoms with Gasteiger partial charge in [-0.1, -0.05) is 26.8 Å². The quantitative estimate of drug-likeness (QED) is 0.346. The van der Waals surface area contributed by atoms with Crippen molar-refractivity contribution in [3.8, 4) is 5.88 Å². The normalized spacial score (nSPS) is 16.6. The van der Waals surface area contributed by atoms with Gasteiger partial charge in [0.05, 0.1) is 6.10 Å². The molecule has 1 aliphatic rings. The lowest BCUT2D eigenvalue weighted by Gasteiger charge is -2.30.